The lowest BCUT2D eigenvalue weighted by molar-refractivity contribution is 0.0496. The van der Waals surface area contributed by atoms with Crippen molar-refractivity contribution in [3.8, 4) is 0 Å². The second-order valence-corrected chi connectivity index (χ2v) is 15.8. The Hall–Kier alpha value is -3.78. The van der Waals surface area contributed by atoms with Crippen molar-refractivity contribution in [1.29, 1.82) is 0 Å². The normalized spacial score (nSPS) is 19.4. The molecule has 0 spiro atoms. The summed E-state index contributed by atoms with van der Waals surface area (Å²) in [5.74, 6) is 1.50. The molecule has 1 atom stereocenters. The van der Waals surface area contributed by atoms with E-state index in [1.54, 1.807) is 11.0 Å². The number of likely N-dealkylation sites (tertiary alicyclic amines) is 1. The van der Waals surface area contributed by atoms with Crippen molar-refractivity contribution in [3.63, 3.8) is 0 Å². The molecule has 13 nitrogen and oxygen atoms in total. The number of fused-ring (bicyclic) bond motifs is 1. The molecule has 1 aromatic carbocycles. The van der Waals surface area contributed by atoms with E-state index >= 15 is 0 Å². The Morgan fingerprint density at radius 2 is 1.70 bits per heavy atom. The number of anilines is 3. The summed E-state index contributed by atoms with van der Waals surface area (Å²) in [5, 5.41) is 8.41. The predicted octanol–water partition coefficient (Wildman–Crippen LogP) is 4.83. The van der Waals surface area contributed by atoms with E-state index in [1.165, 1.54) is 12.1 Å². The highest BCUT2D eigenvalue weighted by atomic mass is 35.5. The van der Waals surface area contributed by atoms with Crippen molar-refractivity contribution in [1.82, 2.24) is 24.8 Å². The number of piperidine rings is 2. The van der Waals surface area contributed by atoms with Gasteiger partial charge in [0.1, 0.15) is 17.2 Å². The number of carbonyl (C=O) groups excluding carboxylic acids is 2. The zero-order valence-electron chi connectivity index (χ0n) is 27.3. The molecule has 2 aromatic heterocycles. The minimum absolute atomic E-state index is 0.0110. The van der Waals surface area contributed by atoms with Gasteiger partial charge in [0.2, 0.25) is 10.0 Å². The first kappa shape index (κ1) is 33.1. The highest BCUT2D eigenvalue weighted by Gasteiger charge is 2.33. The van der Waals surface area contributed by atoms with E-state index in [2.05, 4.69) is 25.9 Å². The van der Waals surface area contributed by atoms with Crippen molar-refractivity contribution in [2.24, 2.45) is 0 Å². The highest BCUT2D eigenvalue weighted by Crippen LogP contribution is 2.36. The van der Waals surface area contributed by atoms with E-state index in [0.29, 0.717) is 36.7 Å². The van der Waals surface area contributed by atoms with Crippen LogP contribution in [0.4, 0.5) is 22.1 Å². The smallest absolute Gasteiger partial charge is 0.407 e. The number of rotatable bonds is 7. The van der Waals surface area contributed by atoms with Crippen molar-refractivity contribution in [2.75, 3.05) is 53.5 Å². The van der Waals surface area contributed by atoms with Gasteiger partial charge in [-0.05, 0) is 77.5 Å². The lowest BCUT2D eigenvalue weighted by Crippen LogP contribution is -2.46. The lowest BCUT2D eigenvalue weighted by atomic mass is 9.98. The molecule has 0 saturated carbocycles. The molecule has 3 saturated heterocycles. The standard InChI is InChI=1S/C32H43ClN8O5S/c1-32(2,3)46-31(43)34-22-11-16-39(17-12-22)29-20-27(38-13-7-14-38)35-28-19-25(36-41(28)29)26-8-5-6-15-40(26)30(42)23-18-21(33)9-10-24(23)37-47(4,44)45/h9-10,18-20,22,26,37H,5-8,11-17H2,1-4H3,(H,34,43)/t26-/m0/s1. The second kappa shape index (κ2) is 13.0. The fourth-order valence-electron chi connectivity index (χ4n) is 6.41. The molecule has 47 heavy (non-hydrogen) atoms. The molecule has 0 aliphatic carbocycles. The summed E-state index contributed by atoms with van der Waals surface area (Å²) in [6.07, 6.45) is 5.73. The van der Waals surface area contributed by atoms with Gasteiger partial charge >= 0.3 is 6.09 Å². The van der Waals surface area contributed by atoms with Gasteiger partial charge in [0.05, 0.1) is 29.2 Å². The number of nitrogens with one attached hydrogen (secondary N) is 2. The van der Waals surface area contributed by atoms with Crippen molar-refractivity contribution < 1.29 is 22.7 Å². The Kier molecular flexibility index (Phi) is 9.18. The lowest BCUT2D eigenvalue weighted by Gasteiger charge is -2.36. The van der Waals surface area contributed by atoms with Crippen LogP contribution in [-0.4, -0.2) is 90.5 Å². The SMILES string of the molecule is CC(C)(C)OC(=O)NC1CCN(c2cc(N3CCC3)nc3cc([C@@H]4CCCCN4C(=O)c4cc(Cl)ccc4NS(C)(=O)=O)nn23)CC1. The molecular formula is C32H43ClN8O5S. The average Bonchev–Trinajstić information content (AvgIpc) is 3.39. The monoisotopic (exact) mass is 686 g/mol. The Bertz CT molecular complexity index is 1760. The fraction of sp³-hybridized carbons (Fsp3) is 0.562. The molecule has 3 aromatic rings. The first-order valence-electron chi connectivity index (χ1n) is 16.2. The molecule has 15 heteroatoms. The van der Waals surface area contributed by atoms with E-state index in [0.717, 1.165) is 68.8 Å². The maximum absolute atomic E-state index is 14.1. The summed E-state index contributed by atoms with van der Waals surface area (Å²) < 4.78 is 34.0. The van der Waals surface area contributed by atoms with Crippen molar-refractivity contribution >= 4 is 56.6 Å². The maximum atomic E-state index is 14.1. The first-order valence-corrected chi connectivity index (χ1v) is 18.5. The van der Waals surface area contributed by atoms with E-state index < -0.39 is 21.7 Å². The molecule has 3 aliphatic heterocycles. The minimum Gasteiger partial charge on any atom is -0.444 e. The largest absolute Gasteiger partial charge is 0.444 e. The molecule has 3 fully saturated rings. The van der Waals surface area contributed by atoms with E-state index in [-0.39, 0.29) is 29.2 Å². The van der Waals surface area contributed by atoms with E-state index in [9.17, 15) is 18.0 Å². The number of hydrogen-bond donors (Lipinski definition) is 2. The molecule has 0 bridgehead atoms. The van der Waals surface area contributed by atoms with Crippen LogP contribution in [0.15, 0.2) is 30.3 Å². The van der Waals surface area contributed by atoms with Crippen LogP contribution in [0.25, 0.3) is 5.65 Å². The van der Waals surface area contributed by atoms with Crippen LogP contribution in [0, 0.1) is 0 Å². The molecule has 5 heterocycles. The van der Waals surface area contributed by atoms with Crippen LogP contribution >= 0.6 is 11.6 Å². The van der Waals surface area contributed by atoms with Gasteiger partial charge in [0, 0.05) is 55.9 Å². The van der Waals surface area contributed by atoms with Gasteiger partial charge in [0.15, 0.2) is 5.65 Å². The molecule has 2 amide bonds. The first-order chi connectivity index (χ1) is 22.2. The average molecular weight is 687 g/mol. The number of carbonyl (C=O) groups is 2. The Balaban J connectivity index is 1.29. The number of sulfonamides is 1. The number of aromatic nitrogens is 3. The molecule has 254 valence electrons. The van der Waals surface area contributed by atoms with Crippen LogP contribution in [-0.2, 0) is 14.8 Å². The molecule has 0 unspecified atom stereocenters. The van der Waals surface area contributed by atoms with E-state index in [4.69, 9.17) is 26.4 Å². The van der Waals surface area contributed by atoms with Crippen molar-refractivity contribution in [2.45, 2.75) is 77.0 Å². The number of nitrogens with zero attached hydrogens (tertiary/aromatic N) is 6. The summed E-state index contributed by atoms with van der Waals surface area (Å²) in [6, 6.07) is 8.31. The zero-order valence-corrected chi connectivity index (χ0v) is 28.9. The van der Waals surface area contributed by atoms with Crippen LogP contribution in [0.5, 0.6) is 0 Å². The quantitative estimate of drug-likeness (QED) is 0.358. The summed E-state index contributed by atoms with van der Waals surface area (Å²) >= 11 is 6.28. The third-order valence-electron chi connectivity index (χ3n) is 8.75. The van der Waals surface area contributed by atoms with Crippen LogP contribution in [0.3, 0.4) is 0 Å². The Morgan fingerprint density at radius 1 is 0.957 bits per heavy atom. The zero-order chi connectivity index (χ0) is 33.5. The van der Waals surface area contributed by atoms with Gasteiger partial charge in [-0.25, -0.2) is 18.2 Å². The summed E-state index contributed by atoms with van der Waals surface area (Å²) in [7, 11) is -3.62. The number of halogens is 1. The van der Waals surface area contributed by atoms with Gasteiger partial charge in [-0.15, -0.1) is 0 Å². The summed E-state index contributed by atoms with van der Waals surface area (Å²) in [5.41, 5.74) is 1.26. The molecule has 0 radical (unpaired) electrons. The Morgan fingerprint density at radius 3 is 2.36 bits per heavy atom. The third-order valence-corrected chi connectivity index (χ3v) is 9.57. The van der Waals surface area contributed by atoms with E-state index in [1.807, 2.05) is 31.4 Å². The van der Waals surface area contributed by atoms with Crippen LogP contribution < -0.4 is 19.8 Å². The highest BCUT2D eigenvalue weighted by molar-refractivity contribution is 7.92. The fourth-order valence-corrected chi connectivity index (χ4v) is 7.15. The van der Waals surface area contributed by atoms with Gasteiger partial charge in [0.25, 0.3) is 5.91 Å². The molecular weight excluding hydrogens is 644 g/mol. The van der Waals surface area contributed by atoms with Crippen LogP contribution in [0.2, 0.25) is 5.02 Å². The summed E-state index contributed by atoms with van der Waals surface area (Å²) in [6.45, 7) is 9.38. The van der Waals surface area contributed by atoms with Crippen molar-refractivity contribution in [3.05, 3.63) is 46.6 Å². The maximum Gasteiger partial charge on any atom is 0.407 e. The van der Waals surface area contributed by atoms with Crippen LogP contribution in [0.1, 0.15) is 81.4 Å². The number of amides is 2. The second-order valence-electron chi connectivity index (χ2n) is 13.6. The number of ether oxygens (including phenoxy) is 1. The van der Waals surface area contributed by atoms with Gasteiger partial charge in [-0.2, -0.15) is 9.61 Å². The molecule has 2 N–H and O–H groups in total. The number of hydrogen-bond acceptors (Lipinski definition) is 9. The summed E-state index contributed by atoms with van der Waals surface area (Å²) in [4.78, 5) is 37.7. The molecule has 6 rings (SSSR count). The molecule has 3 aliphatic rings. The van der Waals surface area contributed by atoms with Gasteiger partial charge < -0.3 is 24.8 Å². The number of benzene rings is 1. The number of alkyl carbamates (subject to hydrolysis) is 1. The third kappa shape index (κ3) is 7.69. The predicted molar refractivity (Wildman–Crippen MR) is 182 cm³/mol. The Labute approximate surface area is 280 Å². The van der Waals surface area contributed by atoms with Gasteiger partial charge in [-0.3, -0.25) is 9.52 Å². The minimum atomic E-state index is -3.62. The topological polar surface area (TPSA) is 141 Å². The van der Waals surface area contributed by atoms with Gasteiger partial charge in [-0.1, -0.05) is 11.6 Å².